The third-order valence-corrected chi connectivity index (χ3v) is 2.51. The van der Waals surface area contributed by atoms with Gasteiger partial charge in [-0.05, 0) is 25.0 Å². The Morgan fingerprint density at radius 2 is 2.40 bits per heavy atom. The topological polar surface area (TPSA) is 39.9 Å². The zero-order valence-electron chi connectivity index (χ0n) is 8.56. The Morgan fingerprint density at radius 1 is 1.60 bits per heavy atom. The van der Waals surface area contributed by atoms with Crippen molar-refractivity contribution in [2.24, 2.45) is 0 Å². The molecule has 1 aromatic rings. The first-order chi connectivity index (χ1) is 7.35. The molecule has 1 aliphatic rings. The van der Waals surface area contributed by atoms with E-state index in [1.165, 1.54) is 12.8 Å². The third kappa shape index (κ3) is 2.16. The van der Waals surface area contributed by atoms with Gasteiger partial charge in [0.1, 0.15) is 11.8 Å². The van der Waals surface area contributed by atoms with E-state index in [0.29, 0.717) is 11.7 Å². The van der Waals surface area contributed by atoms with Gasteiger partial charge >= 0.3 is 0 Å². The van der Waals surface area contributed by atoms with Gasteiger partial charge in [0.05, 0.1) is 11.9 Å². The monoisotopic (exact) mass is 199 g/mol. The average Bonchev–Trinajstić information content (AvgIpc) is 3.10. The van der Waals surface area contributed by atoms with Crippen molar-refractivity contribution < 1.29 is 0 Å². The van der Waals surface area contributed by atoms with Gasteiger partial charge < -0.3 is 4.90 Å². The lowest BCUT2D eigenvalue weighted by atomic mass is 10.3. The second-order valence-corrected chi connectivity index (χ2v) is 3.69. The van der Waals surface area contributed by atoms with Crippen LogP contribution < -0.4 is 4.90 Å². The number of hydrogen-bond acceptors (Lipinski definition) is 3. The lowest BCUT2D eigenvalue weighted by Gasteiger charge is -2.22. The van der Waals surface area contributed by atoms with E-state index >= 15 is 0 Å². The molecule has 1 aliphatic carbocycles. The van der Waals surface area contributed by atoms with Crippen LogP contribution in [-0.4, -0.2) is 17.6 Å². The standard InChI is InChI=1S/C12H13N3/c1-2-7-15(11-5-6-11)12-4-3-10(8-13)14-9-12/h2-4,9,11H,1,5-7H2. The first-order valence-electron chi connectivity index (χ1n) is 5.09. The zero-order valence-corrected chi connectivity index (χ0v) is 8.56. The van der Waals surface area contributed by atoms with Gasteiger partial charge in [0, 0.05) is 12.6 Å². The molecule has 0 spiro atoms. The van der Waals surface area contributed by atoms with Crippen molar-refractivity contribution in [1.29, 1.82) is 5.26 Å². The van der Waals surface area contributed by atoms with Gasteiger partial charge in [-0.25, -0.2) is 4.98 Å². The Hall–Kier alpha value is -1.82. The summed E-state index contributed by atoms with van der Waals surface area (Å²) < 4.78 is 0. The highest BCUT2D eigenvalue weighted by Crippen LogP contribution is 2.30. The van der Waals surface area contributed by atoms with Crippen LogP contribution in [0.4, 0.5) is 5.69 Å². The summed E-state index contributed by atoms with van der Waals surface area (Å²) in [6.45, 7) is 4.60. The van der Waals surface area contributed by atoms with E-state index in [4.69, 9.17) is 5.26 Å². The number of nitriles is 1. The maximum Gasteiger partial charge on any atom is 0.140 e. The molecule has 0 N–H and O–H groups in total. The Bertz CT molecular complexity index is 384. The maximum atomic E-state index is 8.65. The van der Waals surface area contributed by atoms with Crippen molar-refractivity contribution in [2.75, 3.05) is 11.4 Å². The van der Waals surface area contributed by atoms with Gasteiger partial charge in [0.25, 0.3) is 0 Å². The second-order valence-electron chi connectivity index (χ2n) is 3.69. The molecule has 0 atom stereocenters. The van der Waals surface area contributed by atoms with Crippen LogP contribution in [0.1, 0.15) is 18.5 Å². The fraction of sp³-hybridized carbons (Fsp3) is 0.333. The largest absolute Gasteiger partial charge is 0.364 e. The minimum atomic E-state index is 0.466. The summed E-state index contributed by atoms with van der Waals surface area (Å²) in [4.78, 5) is 6.35. The normalized spacial score (nSPS) is 14.3. The first-order valence-corrected chi connectivity index (χ1v) is 5.09. The van der Waals surface area contributed by atoms with E-state index in [1.54, 1.807) is 12.3 Å². The lowest BCUT2D eigenvalue weighted by Crippen LogP contribution is -2.25. The van der Waals surface area contributed by atoms with Crippen molar-refractivity contribution in [3.8, 4) is 6.07 Å². The second kappa shape index (κ2) is 4.14. The molecule has 1 fully saturated rings. The SMILES string of the molecule is C=CCN(c1ccc(C#N)nc1)C1CC1. The van der Waals surface area contributed by atoms with Gasteiger partial charge in [-0.15, -0.1) is 6.58 Å². The molecule has 1 aromatic heterocycles. The Morgan fingerprint density at radius 3 is 2.87 bits per heavy atom. The fourth-order valence-electron chi connectivity index (χ4n) is 1.61. The molecule has 15 heavy (non-hydrogen) atoms. The molecule has 1 saturated carbocycles. The summed E-state index contributed by atoms with van der Waals surface area (Å²) in [5.74, 6) is 0. The number of nitrogens with zero attached hydrogens (tertiary/aromatic N) is 3. The third-order valence-electron chi connectivity index (χ3n) is 2.51. The fourth-order valence-corrected chi connectivity index (χ4v) is 1.61. The quantitative estimate of drug-likeness (QED) is 0.697. The highest BCUT2D eigenvalue weighted by atomic mass is 15.2. The summed E-state index contributed by atoms with van der Waals surface area (Å²) in [7, 11) is 0. The molecule has 0 radical (unpaired) electrons. The van der Waals surface area contributed by atoms with E-state index in [0.717, 1.165) is 12.2 Å². The molecule has 1 heterocycles. The summed E-state index contributed by atoms with van der Waals surface area (Å²) >= 11 is 0. The maximum absolute atomic E-state index is 8.65. The van der Waals surface area contributed by atoms with Crippen molar-refractivity contribution >= 4 is 5.69 Å². The summed E-state index contributed by atoms with van der Waals surface area (Å²) in [5.41, 5.74) is 1.55. The number of hydrogen-bond donors (Lipinski definition) is 0. The summed E-state index contributed by atoms with van der Waals surface area (Å²) in [6, 6.07) is 6.37. The number of rotatable bonds is 4. The predicted octanol–water partition coefficient (Wildman–Crippen LogP) is 2.11. The lowest BCUT2D eigenvalue weighted by molar-refractivity contribution is 0.857. The van der Waals surface area contributed by atoms with E-state index in [1.807, 2.05) is 18.2 Å². The van der Waals surface area contributed by atoms with E-state index in [9.17, 15) is 0 Å². The molecule has 76 valence electrons. The minimum absolute atomic E-state index is 0.466. The van der Waals surface area contributed by atoms with Gasteiger partial charge in [-0.2, -0.15) is 5.26 Å². The van der Waals surface area contributed by atoms with E-state index in [2.05, 4.69) is 16.5 Å². The zero-order chi connectivity index (χ0) is 10.7. The Balaban J connectivity index is 2.18. The van der Waals surface area contributed by atoms with Crippen LogP contribution in [0.15, 0.2) is 31.0 Å². The highest BCUT2D eigenvalue weighted by Gasteiger charge is 2.28. The van der Waals surface area contributed by atoms with Gasteiger partial charge in [0.15, 0.2) is 0 Å². The molecule has 3 heteroatoms. The Kier molecular flexibility index (Phi) is 2.68. The molecule has 3 nitrogen and oxygen atoms in total. The molecular weight excluding hydrogens is 186 g/mol. The number of pyridine rings is 1. The number of aromatic nitrogens is 1. The molecule has 0 unspecified atom stereocenters. The van der Waals surface area contributed by atoms with Crippen LogP contribution >= 0.6 is 0 Å². The first kappa shape index (κ1) is 9.72. The summed E-state index contributed by atoms with van der Waals surface area (Å²) in [6.07, 6.45) is 6.15. The predicted molar refractivity (Wildman–Crippen MR) is 59.5 cm³/mol. The highest BCUT2D eigenvalue weighted by molar-refractivity contribution is 5.48. The van der Waals surface area contributed by atoms with Crippen molar-refractivity contribution in [3.05, 3.63) is 36.7 Å². The van der Waals surface area contributed by atoms with Crippen LogP contribution in [0.5, 0.6) is 0 Å². The van der Waals surface area contributed by atoms with Gasteiger partial charge in [0.2, 0.25) is 0 Å². The van der Waals surface area contributed by atoms with Gasteiger partial charge in [-0.3, -0.25) is 0 Å². The van der Waals surface area contributed by atoms with E-state index in [-0.39, 0.29) is 0 Å². The van der Waals surface area contributed by atoms with Crippen LogP contribution in [0.2, 0.25) is 0 Å². The number of anilines is 1. The summed E-state index contributed by atoms with van der Waals surface area (Å²) in [5, 5.41) is 8.65. The average molecular weight is 199 g/mol. The molecule has 0 aromatic carbocycles. The van der Waals surface area contributed by atoms with Crippen molar-refractivity contribution in [2.45, 2.75) is 18.9 Å². The van der Waals surface area contributed by atoms with Crippen LogP contribution in [-0.2, 0) is 0 Å². The Labute approximate surface area is 89.7 Å². The molecular formula is C12H13N3. The molecule has 0 amide bonds. The van der Waals surface area contributed by atoms with Crippen LogP contribution in [0.3, 0.4) is 0 Å². The molecule has 0 saturated heterocycles. The van der Waals surface area contributed by atoms with Gasteiger partial charge in [-0.1, -0.05) is 6.08 Å². The van der Waals surface area contributed by atoms with Crippen LogP contribution in [0, 0.1) is 11.3 Å². The molecule has 0 bridgehead atoms. The van der Waals surface area contributed by atoms with Crippen molar-refractivity contribution in [3.63, 3.8) is 0 Å². The van der Waals surface area contributed by atoms with Crippen molar-refractivity contribution in [1.82, 2.24) is 4.98 Å². The van der Waals surface area contributed by atoms with Crippen LogP contribution in [0.25, 0.3) is 0 Å². The molecule has 0 aliphatic heterocycles. The minimum Gasteiger partial charge on any atom is -0.364 e. The molecule has 2 rings (SSSR count). The smallest absolute Gasteiger partial charge is 0.140 e. The van der Waals surface area contributed by atoms with E-state index < -0.39 is 0 Å².